The van der Waals surface area contributed by atoms with E-state index in [0.29, 0.717) is 19.0 Å². The lowest BCUT2D eigenvalue weighted by Gasteiger charge is -2.08. The Balaban J connectivity index is 2.23. The highest BCUT2D eigenvalue weighted by atomic mass is 16.1. The molecule has 0 aliphatic carbocycles. The molecule has 0 radical (unpaired) electrons. The van der Waals surface area contributed by atoms with E-state index >= 15 is 0 Å². The van der Waals surface area contributed by atoms with Crippen LogP contribution >= 0.6 is 0 Å². The molecule has 1 aromatic heterocycles. The molecule has 0 fully saturated rings. The van der Waals surface area contributed by atoms with Crippen molar-refractivity contribution in [3.05, 3.63) is 17.5 Å². The Morgan fingerprint density at radius 1 is 1.53 bits per heavy atom. The maximum atomic E-state index is 11.4. The van der Waals surface area contributed by atoms with Crippen LogP contribution in [0.1, 0.15) is 25.1 Å². The summed E-state index contributed by atoms with van der Waals surface area (Å²) in [5.41, 5.74) is 2.13. The van der Waals surface area contributed by atoms with Gasteiger partial charge >= 0.3 is 0 Å². The van der Waals surface area contributed by atoms with Crippen LogP contribution in [0.2, 0.25) is 0 Å². The van der Waals surface area contributed by atoms with Gasteiger partial charge < -0.3 is 10.6 Å². The zero-order valence-electron chi connectivity index (χ0n) is 11.1. The van der Waals surface area contributed by atoms with Crippen LogP contribution < -0.4 is 10.6 Å². The van der Waals surface area contributed by atoms with E-state index in [9.17, 15) is 4.79 Å². The quantitative estimate of drug-likeness (QED) is 0.762. The van der Waals surface area contributed by atoms with Crippen molar-refractivity contribution in [2.24, 2.45) is 13.0 Å². The molecular formula is C12H22N4O. The van der Waals surface area contributed by atoms with Crippen LogP contribution in [-0.4, -0.2) is 28.8 Å². The molecule has 5 nitrogen and oxygen atoms in total. The number of rotatable bonds is 6. The third-order valence-corrected chi connectivity index (χ3v) is 2.42. The predicted molar refractivity (Wildman–Crippen MR) is 67.5 cm³/mol. The van der Waals surface area contributed by atoms with Gasteiger partial charge in [-0.15, -0.1) is 0 Å². The van der Waals surface area contributed by atoms with Gasteiger partial charge in [0.25, 0.3) is 0 Å². The Hall–Kier alpha value is -1.36. The summed E-state index contributed by atoms with van der Waals surface area (Å²) in [6, 6.07) is 0. The van der Waals surface area contributed by atoms with E-state index in [1.165, 1.54) is 0 Å². The van der Waals surface area contributed by atoms with Crippen LogP contribution in [0.4, 0.5) is 0 Å². The minimum absolute atomic E-state index is 0.0419. The van der Waals surface area contributed by atoms with Crippen molar-refractivity contribution in [2.45, 2.75) is 27.3 Å². The minimum Gasteiger partial charge on any atom is -0.355 e. The van der Waals surface area contributed by atoms with Crippen molar-refractivity contribution in [3.63, 3.8) is 0 Å². The molecule has 0 aromatic carbocycles. The third kappa shape index (κ3) is 4.99. The van der Waals surface area contributed by atoms with Gasteiger partial charge in [0.15, 0.2) is 0 Å². The van der Waals surface area contributed by atoms with Crippen molar-refractivity contribution in [1.82, 2.24) is 20.4 Å². The van der Waals surface area contributed by atoms with Gasteiger partial charge in [0.2, 0.25) is 5.91 Å². The molecule has 1 rings (SSSR count). The third-order valence-electron chi connectivity index (χ3n) is 2.42. The smallest absolute Gasteiger partial charge is 0.233 e. The molecule has 1 amide bonds. The Labute approximate surface area is 103 Å². The zero-order chi connectivity index (χ0) is 12.8. The summed E-state index contributed by atoms with van der Waals surface area (Å²) < 4.78 is 1.78. The van der Waals surface area contributed by atoms with Crippen molar-refractivity contribution >= 4 is 5.91 Å². The second-order valence-corrected chi connectivity index (χ2v) is 4.71. The molecule has 0 saturated carbocycles. The molecule has 17 heavy (non-hydrogen) atoms. The summed E-state index contributed by atoms with van der Waals surface area (Å²) in [7, 11) is 1.89. The van der Waals surface area contributed by atoms with E-state index in [-0.39, 0.29) is 5.91 Å². The van der Waals surface area contributed by atoms with Crippen molar-refractivity contribution in [2.75, 3.05) is 13.1 Å². The van der Waals surface area contributed by atoms with Crippen LogP contribution in [0, 0.1) is 12.8 Å². The number of carbonyl (C=O) groups excluding carboxylic acids is 1. The first-order valence-electron chi connectivity index (χ1n) is 5.95. The van der Waals surface area contributed by atoms with E-state index in [2.05, 4.69) is 29.6 Å². The first-order chi connectivity index (χ1) is 7.99. The van der Waals surface area contributed by atoms with Crippen LogP contribution in [0.25, 0.3) is 0 Å². The molecule has 0 saturated heterocycles. The summed E-state index contributed by atoms with van der Waals surface area (Å²) in [5.74, 6) is 0.528. The average Bonchev–Trinajstić information content (AvgIpc) is 2.55. The molecular weight excluding hydrogens is 216 g/mol. The standard InChI is InChI=1S/C12H22N4O/c1-9(2)5-14-12(17)7-13-6-11-8-16(4)15-10(11)3/h8-9,13H,5-7H2,1-4H3,(H,14,17). The first kappa shape index (κ1) is 13.7. The molecule has 96 valence electrons. The number of hydrogen-bond donors (Lipinski definition) is 2. The van der Waals surface area contributed by atoms with Gasteiger partial charge in [-0.2, -0.15) is 5.10 Å². The van der Waals surface area contributed by atoms with Crippen molar-refractivity contribution < 1.29 is 4.79 Å². The number of nitrogens with one attached hydrogen (secondary N) is 2. The Morgan fingerprint density at radius 2 is 2.24 bits per heavy atom. The summed E-state index contributed by atoms with van der Waals surface area (Å²) in [6.45, 7) is 7.87. The summed E-state index contributed by atoms with van der Waals surface area (Å²) >= 11 is 0. The topological polar surface area (TPSA) is 59.0 Å². The normalized spacial score (nSPS) is 10.9. The zero-order valence-corrected chi connectivity index (χ0v) is 11.1. The summed E-state index contributed by atoms with van der Waals surface area (Å²) in [4.78, 5) is 11.4. The largest absolute Gasteiger partial charge is 0.355 e. The fraction of sp³-hybridized carbons (Fsp3) is 0.667. The molecule has 5 heteroatoms. The second-order valence-electron chi connectivity index (χ2n) is 4.71. The molecule has 0 aliphatic rings. The van der Waals surface area contributed by atoms with Crippen molar-refractivity contribution in [1.29, 1.82) is 0 Å². The molecule has 0 atom stereocenters. The first-order valence-corrected chi connectivity index (χ1v) is 5.95. The highest BCUT2D eigenvalue weighted by Gasteiger charge is 2.04. The average molecular weight is 238 g/mol. The van der Waals surface area contributed by atoms with E-state index in [1.807, 2.05) is 20.2 Å². The van der Waals surface area contributed by atoms with Gasteiger partial charge in [0.05, 0.1) is 12.2 Å². The van der Waals surface area contributed by atoms with E-state index in [1.54, 1.807) is 4.68 Å². The summed E-state index contributed by atoms with van der Waals surface area (Å²) in [5, 5.41) is 10.2. The molecule has 0 aliphatic heterocycles. The maximum absolute atomic E-state index is 11.4. The molecule has 2 N–H and O–H groups in total. The van der Waals surface area contributed by atoms with Gasteiger partial charge in [-0.25, -0.2) is 0 Å². The molecule has 0 spiro atoms. The van der Waals surface area contributed by atoms with Crippen LogP contribution in [0.5, 0.6) is 0 Å². The van der Waals surface area contributed by atoms with Gasteiger partial charge in [0.1, 0.15) is 0 Å². The fourth-order valence-electron chi connectivity index (χ4n) is 1.51. The highest BCUT2D eigenvalue weighted by Crippen LogP contribution is 2.03. The van der Waals surface area contributed by atoms with Crippen LogP contribution in [-0.2, 0) is 18.4 Å². The predicted octanol–water partition coefficient (Wildman–Crippen LogP) is 0.590. The lowest BCUT2D eigenvalue weighted by Crippen LogP contribution is -2.35. The number of aryl methyl sites for hydroxylation is 2. The van der Waals surface area contributed by atoms with Crippen molar-refractivity contribution in [3.8, 4) is 0 Å². The van der Waals surface area contributed by atoms with E-state index in [4.69, 9.17) is 0 Å². The molecule has 1 heterocycles. The number of nitrogens with zero attached hydrogens (tertiary/aromatic N) is 2. The van der Waals surface area contributed by atoms with Gasteiger partial charge in [-0.1, -0.05) is 13.8 Å². The maximum Gasteiger partial charge on any atom is 0.233 e. The van der Waals surface area contributed by atoms with Gasteiger partial charge in [-0.3, -0.25) is 9.48 Å². The van der Waals surface area contributed by atoms with E-state index in [0.717, 1.165) is 17.8 Å². The second kappa shape index (κ2) is 6.39. The lowest BCUT2D eigenvalue weighted by atomic mass is 10.2. The molecule has 1 aromatic rings. The number of aromatic nitrogens is 2. The Kier molecular flexibility index (Phi) is 5.15. The molecule has 0 unspecified atom stereocenters. The lowest BCUT2D eigenvalue weighted by molar-refractivity contribution is -0.120. The van der Waals surface area contributed by atoms with Crippen LogP contribution in [0.3, 0.4) is 0 Å². The number of hydrogen-bond acceptors (Lipinski definition) is 3. The van der Waals surface area contributed by atoms with Crippen LogP contribution in [0.15, 0.2) is 6.20 Å². The molecule has 0 bridgehead atoms. The Morgan fingerprint density at radius 3 is 2.76 bits per heavy atom. The summed E-state index contributed by atoms with van der Waals surface area (Å²) in [6.07, 6.45) is 1.97. The van der Waals surface area contributed by atoms with E-state index < -0.39 is 0 Å². The Bertz CT molecular complexity index is 371. The number of carbonyl (C=O) groups is 1. The fourth-order valence-corrected chi connectivity index (χ4v) is 1.51. The monoisotopic (exact) mass is 238 g/mol. The minimum atomic E-state index is 0.0419. The van der Waals surface area contributed by atoms with Gasteiger partial charge in [-0.05, 0) is 12.8 Å². The van der Waals surface area contributed by atoms with Gasteiger partial charge in [0, 0.05) is 31.9 Å². The highest BCUT2D eigenvalue weighted by molar-refractivity contribution is 5.77. The number of amides is 1. The SMILES string of the molecule is Cc1nn(C)cc1CNCC(=O)NCC(C)C.